The Morgan fingerprint density at radius 1 is 1.63 bits per heavy atom. The Labute approximate surface area is 112 Å². The number of nitrogens with one attached hydrogen (secondary N) is 1. The summed E-state index contributed by atoms with van der Waals surface area (Å²) in [7, 11) is 0. The van der Waals surface area contributed by atoms with E-state index in [0.29, 0.717) is 6.42 Å². The van der Waals surface area contributed by atoms with E-state index in [0.717, 1.165) is 17.6 Å². The maximum Gasteiger partial charge on any atom is 0.320 e. The summed E-state index contributed by atoms with van der Waals surface area (Å²) in [4.78, 5) is 21.4. The molecule has 1 aliphatic rings. The minimum absolute atomic E-state index is 0.217. The molecule has 4 N–H and O–H groups in total. The SMILES string of the molecule is CC(=O)N/N=C/C1=CC=C(CC(N)C(=O)O)C(C)C1. The van der Waals surface area contributed by atoms with Crippen molar-refractivity contribution in [1.82, 2.24) is 5.43 Å². The zero-order valence-corrected chi connectivity index (χ0v) is 11.1. The van der Waals surface area contributed by atoms with Crippen molar-refractivity contribution in [2.75, 3.05) is 0 Å². The van der Waals surface area contributed by atoms with Gasteiger partial charge in [-0.25, -0.2) is 5.43 Å². The molecule has 0 bridgehead atoms. The fourth-order valence-electron chi connectivity index (χ4n) is 1.84. The Hall–Kier alpha value is -1.95. The molecule has 0 aromatic carbocycles. The predicted octanol–water partition coefficient (Wildman–Crippen LogP) is 0.803. The molecule has 0 aromatic heterocycles. The lowest BCUT2D eigenvalue weighted by Crippen LogP contribution is -2.31. The van der Waals surface area contributed by atoms with E-state index in [1.807, 2.05) is 19.1 Å². The molecule has 0 aliphatic heterocycles. The lowest BCUT2D eigenvalue weighted by atomic mass is 9.85. The standard InChI is InChI=1S/C13H19N3O3/c1-8-5-10(7-15-16-9(2)17)3-4-11(8)6-12(14)13(18)19/h3-4,7-8,12H,5-6,14H2,1-2H3,(H,16,17)(H,18,19)/b15-7+. The molecule has 2 atom stereocenters. The molecule has 0 radical (unpaired) electrons. The highest BCUT2D eigenvalue weighted by Crippen LogP contribution is 2.26. The monoisotopic (exact) mass is 265 g/mol. The van der Waals surface area contributed by atoms with Crippen LogP contribution in [0.5, 0.6) is 0 Å². The molecule has 0 fully saturated rings. The fourth-order valence-corrected chi connectivity index (χ4v) is 1.84. The number of carbonyl (C=O) groups is 2. The van der Waals surface area contributed by atoms with Crippen LogP contribution < -0.4 is 11.2 Å². The van der Waals surface area contributed by atoms with Gasteiger partial charge in [0.2, 0.25) is 5.91 Å². The van der Waals surface area contributed by atoms with Crippen LogP contribution in [0.4, 0.5) is 0 Å². The average molecular weight is 265 g/mol. The molecule has 0 spiro atoms. The summed E-state index contributed by atoms with van der Waals surface area (Å²) >= 11 is 0. The van der Waals surface area contributed by atoms with Gasteiger partial charge in [-0.1, -0.05) is 24.6 Å². The minimum atomic E-state index is -0.991. The Bertz CT molecular complexity index is 452. The molecular weight excluding hydrogens is 246 g/mol. The topological polar surface area (TPSA) is 105 Å². The first-order valence-corrected chi connectivity index (χ1v) is 6.07. The number of hydrogen-bond acceptors (Lipinski definition) is 4. The highest BCUT2D eigenvalue weighted by Gasteiger charge is 2.20. The van der Waals surface area contributed by atoms with Crippen molar-refractivity contribution < 1.29 is 14.7 Å². The first kappa shape index (κ1) is 15.1. The molecule has 19 heavy (non-hydrogen) atoms. The maximum absolute atomic E-state index is 10.7. The Morgan fingerprint density at radius 3 is 2.84 bits per heavy atom. The van der Waals surface area contributed by atoms with Gasteiger partial charge in [0.25, 0.3) is 0 Å². The number of aliphatic carboxylic acids is 1. The third kappa shape index (κ3) is 5.05. The number of carboxylic acid groups (broad SMARTS) is 1. The van der Waals surface area contributed by atoms with Gasteiger partial charge >= 0.3 is 5.97 Å². The number of nitrogens with two attached hydrogens (primary N) is 1. The van der Waals surface area contributed by atoms with Crippen LogP contribution in [0, 0.1) is 5.92 Å². The lowest BCUT2D eigenvalue weighted by Gasteiger charge is -2.21. The van der Waals surface area contributed by atoms with Crippen LogP contribution in [-0.4, -0.2) is 29.2 Å². The maximum atomic E-state index is 10.7. The fraction of sp³-hybridized carbons (Fsp3) is 0.462. The highest BCUT2D eigenvalue weighted by atomic mass is 16.4. The molecule has 6 nitrogen and oxygen atoms in total. The van der Waals surface area contributed by atoms with Gasteiger partial charge in [-0.15, -0.1) is 0 Å². The number of nitrogens with zero attached hydrogens (tertiary/aromatic N) is 1. The molecule has 1 amide bonds. The summed E-state index contributed by atoms with van der Waals surface area (Å²) in [5.74, 6) is -0.992. The molecule has 1 aliphatic carbocycles. The third-order valence-corrected chi connectivity index (χ3v) is 2.91. The van der Waals surface area contributed by atoms with Crippen molar-refractivity contribution >= 4 is 18.1 Å². The van der Waals surface area contributed by atoms with Crippen molar-refractivity contribution in [3.05, 3.63) is 23.3 Å². The molecule has 2 unspecified atom stereocenters. The second kappa shape index (κ2) is 6.84. The summed E-state index contributed by atoms with van der Waals surface area (Å²) < 4.78 is 0. The normalized spacial score (nSPS) is 20.7. The van der Waals surface area contributed by atoms with Crippen LogP contribution in [0.2, 0.25) is 0 Å². The van der Waals surface area contributed by atoms with Crippen molar-refractivity contribution in [2.45, 2.75) is 32.7 Å². The van der Waals surface area contributed by atoms with Crippen LogP contribution in [-0.2, 0) is 9.59 Å². The third-order valence-electron chi connectivity index (χ3n) is 2.91. The lowest BCUT2D eigenvalue weighted by molar-refractivity contribution is -0.138. The summed E-state index contributed by atoms with van der Waals surface area (Å²) in [6, 6.07) is -0.864. The second-order valence-electron chi connectivity index (χ2n) is 4.66. The average Bonchev–Trinajstić information content (AvgIpc) is 2.31. The smallest absolute Gasteiger partial charge is 0.320 e. The Kier molecular flexibility index (Phi) is 5.44. The van der Waals surface area contributed by atoms with Gasteiger partial charge in [-0.2, -0.15) is 5.10 Å². The van der Waals surface area contributed by atoms with Crippen LogP contribution in [0.3, 0.4) is 0 Å². The van der Waals surface area contributed by atoms with E-state index in [1.54, 1.807) is 6.21 Å². The van der Waals surface area contributed by atoms with E-state index in [1.165, 1.54) is 6.92 Å². The summed E-state index contributed by atoms with van der Waals surface area (Å²) in [6.45, 7) is 3.40. The first-order chi connectivity index (χ1) is 8.90. The van der Waals surface area contributed by atoms with Crippen LogP contribution >= 0.6 is 0 Å². The number of allylic oxidation sites excluding steroid dienone is 3. The molecule has 0 saturated carbocycles. The summed E-state index contributed by atoms with van der Waals surface area (Å²) in [5.41, 5.74) is 9.86. The van der Waals surface area contributed by atoms with E-state index in [4.69, 9.17) is 10.8 Å². The van der Waals surface area contributed by atoms with Crippen molar-refractivity contribution in [3.63, 3.8) is 0 Å². The highest BCUT2D eigenvalue weighted by molar-refractivity contribution is 5.81. The van der Waals surface area contributed by atoms with E-state index >= 15 is 0 Å². The first-order valence-electron chi connectivity index (χ1n) is 6.07. The quantitative estimate of drug-likeness (QED) is 0.505. The van der Waals surface area contributed by atoms with Crippen molar-refractivity contribution in [1.29, 1.82) is 0 Å². The molecule has 6 heteroatoms. The molecule has 0 saturated heterocycles. The van der Waals surface area contributed by atoms with E-state index in [-0.39, 0.29) is 11.8 Å². The Balaban J connectivity index is 2.65. The predicted molar refractivity (Wildman–Crippen MR) is 72.5 cm³/mol. The van der Waals surface area contributed by atoms with Crippen LogP contribution in [0.25, 0.3) is 0 Å². The largest absolute Gasteiger partial charge is 0.480 e. The number of carbonyl (C=O) groups excluding carboxylic acids is 1. The van der Waals surface area contributed by atoms with Crippen LogP contribution in [0.15, 0.2) is 28.4 Å². The number of amides is 1. The minimum Gasteiger partial charge on any atom is -0.480 e. The number of carboxylic acids is 1. The number of rotatable bonds is 5. The van der Waals surface area contributed by atoms with Gasteiger partial charge in [0, 0.05) is 6.92 Å². The van der Waals surface area contributed by atoms with Gasteiger partial charge in [0.1, 0.15) is 6.04 Å². The molecule has 104 valence electrons. The second-order valence-corrected chi connectivity index (χ2v) is 4.66. The van der Waals surface area contributed by atoms with Gasteiger partial charge < -0.3 is 10.8 Å². The zero-order valence-electron chi connectivity index (χ0n) is 11.1. The summed E-state index contributed by atoms with van der Waals surface area (Å²) in [6.07, 6.45) is 6.45. The summed E-state index contributed by atoms with van der Waals surface area (Å²) in [5, 5.41) is 12.6. The van der Waals surface area contributed by atoms with Gasteiger partial charge in [-0.05, 0) is 24.3 Å². The number of hydrazone groups is 1. The van der Waals surface area contributed by atoms with E-state index in [2.05, 4.69) is 10.5 Å². The Morgan fingerprint density at radius 2 is 2.32 bits per heavy atom. The van der Waals surface area contributed by atoms with Gasteiger partial charge in [-0.3, -0.25) is 9.59 Å². The zero-order chi connectivity index (χ0) is 14.4. The van der Waals surface area contributed by atoms with Gasteiger partial charge in [0.15, 0.2) is 0 Å². The van der Waals surface area contributed by atoms with Crippen molar-refractivity contribution in [2.24, 2.45) is 16.8 Å². The van der Waals surface area contributed by atoms with E-state index < -0.39 is 12.0 Å². The number of hydrogen-bond donors (Lipinski definition) is 3. The van der Waals surface area contributed by atoms with Crippen LogP contribution in [0.1, 0.15) is 26.7 Å². The molecular formula is C13H19N3O3. The molecule has 0 aromatic rings. The molecule has 1 rings (SSSR count). The van der Waals surface area contributed by atoms with Crippen molar-refractivity contribution in [3.8, 4) is 0 Å². The molecule has 0 heterocycles. The van der Waals surface area contributed by atoms with Gasteiger partial charge in [0.05, 0.1) is 6.21 Å². The van der Waals surface area contributed by atoms with E-state index in [9.17, 15) is 9.59 Å².